The van der Waals surface area contributed by atoms with Crippen molar-refractivity contribution in [1.82, 2.24) is 10.6 Å². The maximum atomic E-state index is 10.8. The number of hydrogen-bond acceptors (Lipinski definition) is 10. The Hall–Kier alpha value is -3.38. The molecule has 17 heteroatoms. The molecule has 278 valence electrons. The summed E-state index contributed by atoms with van der Waals surface area (Å²) in [5, 5.41) is 4.69. The summed E-state index contributed by atoms with van der Waals surface area (Å²) in [5.74, 6) is -2.92. The van der Waals surface area contributed by atoms with Gasteiger partial charge >= 0.3 is 35.5 Å². The first kappa shape index (κ1) is 56.0. The number of carbonyl (C=O) groups excluding carboxylic acids is 4. The molecular formula is C33H52N3NaO11S2. The Morgan fingerprint density at radius 2 is 1.28 bits per heavy atom. The predicted molar refractivity (Wildman–Crippen MR) is 192 cm³/mol. The van der Waals surface area contributed by atoms with Crippen LogP contribution < -0.4 is 45.9 Å². The Balaban J connectivity index is -0.000000172. The Bertz CT molecular complexity index is 1380. The van der Waals surface area contributed by atoms with Gasteiger partial charge in [0, 0.05) is 17.2 Å². The minimum Gasteiger partial charge on any atom is -0.748 e. The van der Waals surface area contributed by atoms with Gasteiger partial charge in [-0.3, -0.25) is 18.9 Å². The molecule has 0 aliphatic heterocycles. The van der Waals surface area contributed by atoms with E-state index in [2.05, 4.69) is 48.3 Å². The zero-order valence-corrected chi connectivity index (χ0v) is 33.8. The van der Waals surface area contributed by atoms with Gasteiger partial charge in [-0.25, -0.2) is 13.2 Å². The third-order valence-electron chi connectivity index (χ3n) is 4.74. The van der Waals surface area contributed by atoms with E-state index < -0.39 is 60.5 Å². The summed E-state index contributed by atoms with van der Waals surface area (Å²) in [4.78, 5) is 41.8. The van der Waals surface area contributed by atoms with Gasteiger partial charge < -0.3 is 25.7 Å². The maximum Gasteiger partial charge on any atom is 1.00 e. The molecule has 1 rings (SSSR count). The van der Waals surface area contributed by atoms with Crippen LogP contribution in [0.4, 0.5) is 0 Å². The number of rotatable bonds is 14. The van der Waals surface area contributed by atoms with Crippen molar-refractivity contribution in [3.8, 4) is 0 Å². The molecule has 0 aliphatic carbocycles. The summed E-state index contributed by atoms with van der Waals surface area (Å²) < 4.78 is 65.4. The molecule has 0 radical (unpaired) electrons. The summed E-state index contributed by atoms with van der Waals surface area (Å²) in [7, 11) is -8.42. The molecule has 50 heavy (non-hydrogen) atoms. The number of nitrogens with one attached hydrogen (secondary N) is 2. The van der Waals surface area contributed by atoms with Crippen LogP contribution in [0.2, 0.25) is 0 Å². The second kappa shape index (κ2) is 29.4. The molecule has 0 saturated carbocycles. The molecule has 0 unspecified atom stereocenters. The van der Waals surface area contributed by atoms with E-state index in [9.17, 15) is 40.6 Å². The molecule has 3 amide bonds. The number of ether oxygens (including phenoxy) is 1. The molecule has 0 atom stereocenters. The van der Waals surface area contributed by atoms with Gasteiger partial charge in [0.25, 0.3) is 10.1 Å². The Morgan fingerprint density at radius 1 is 0.880 bits per heavy atom. The van der Waals surface area contributed by atoms with Crippen LogP contribution in [0.15, 0.2) is 87.0 Å². The Morgan fingerprint density at radius 3 is 1.54 bits per heavy atom. The van der Waals surface area contributed by atoms with Crippen molar-refractivity contribution < 1.29 is 79.4 Å². The average Bonchev–Trinajstić information content (AvgIpc) is 2.95. The van der Waals surface area contributed by atoms with Crippen LogP contribution in [0, 0.1) is 0 Å². The molecule has 0 spiro atoms. The van der Waals surface area contributed by atoms with Crippen LogP contribution in [-0.4, -0.2) is 78.8 Å². The van der Waals surface area contributed by atoms with Crippen molar-refractivity contribution in [3.05, 3.63) is 92.6 Å². The zero-order chi connectivity index (χ0) is 39.5. The molecule has 5 N–H and O–H groups in total. The standard InChI is InChI=1S/C8H8.2C7H13NO4S.C7H12O2.C4H7NO.Na/c1-2-8-6-4-3-5-7-8;2*1-4-6(9)8-7(2,3)5-13(10,11)12;1-3-5-6-9-7(8)4-2;1-3(2)4(5)6;/h2-7H,1H2;2*4H,1,5H2,2-3H3,(H,8,9)(H,10,11,12);4H,2-3,5-6H2,1H3;1H2,2H3,(H2,5,6);/q;;;;;+1/p-1. The number of primary amides is 1. The maximum absolute atomic E-state index is 10.8. The van der Waals surface area contributed by atoms with Crippen LogP contribution in [-0.2, 0) is 44.2 Å². The fourth-order valence-corrected chi connectivity index (χ4v) is 4.64. The van der Waals surface area contributed by atoms with E-state index in [1.54, 1.807) is 6.92 Å². The largest absolute Gasteiger partial charge is 1.00 e. The van der Waals surface area contributed by atoms with E-state index in [4.69, 9.17) is 10.3 Å². The van der Waals surface area contributed by atoms with Crippen molar-refractivity contribution in [2.24, 2.45) is 5.73 Å². The van der Waals surface area contributed by atoms with Crippen LogP contribution in [0.5, 0.6) is 0 Å². The summed E-state index contributed by atoms with van der Waals surface area (Å²) >= 11 is 0. The normalized spacial score (nSPS) is 10.2. The molecule has 0 aliphatic rings. The third kappa shape index (κ3) is 44.6. The van der Waals surface area contributed by atoms with Crippen molar-refractivity contribution >= 4 is 50.0 Å². The average molecular weight is 754 g/mol. The van der Waals surface area contributed by atoms with Gasteiger partial charge in [-0.15, -0.1) is 0 Å². The summed E-state index contributed by atoms with van der Waals surface area (Å²) in [6.45, 7) is 26.6. The minimum atomic E-state index is -4.33. The number of esters is 1. The van der Waals surface area contributed by atoms with E-state index >= 15 is 0 Å². The van der Waals surface area contributed by atoms with Gasteiger partial charge in [0.05, 0.1) is 33.8 Å². The van der Waals surface area contributed by atoms with E-state index in [1.165, 1.54) is 39.3 Å². The van der Waals surface area contributed by atoms with E-state index in [0.717, 1.165) is 25.0 Å². The summed E-state index contributed by atoms with van der Waals surface area (Å²) in [5.41, 5.74) is 4.20. The number of nitrogens with two attached hydrogens (primary N) is 1. The molecule has 0 heterocycles. The Labute approximate surface area is 320 Å². The number of benzene rings is 1. The molecule has 0 bridgehead atoms. The second-order valence-electron chi connectivity index (χ2n) is 11.1. The predicted octanol–water partition coefficient (Wildman–Crippen LogP) is 0.465. The number of hydrogen-bond donors (Lipinski definition) is 4. The molecule has 1 aromatic carbocycles. The first-order chi connectivity index (χ1) is 22.2. The first-order valence-corrected chi connectivity index (χ1v) is 17.6. The monoisotopic (exact) mass is 753 g/mol. The van der Waals surface area contributed by atoms with E-state index in [0.29, 0.717) is 12.2 Å². The topological polar surface area (TPSA) is 239 Å². The number of unbranched alkanes of at least 4 members (excludes halogenated alkanes) is 1. The first-order valence-electron chi connectivity index (χ1n) is 14.4. The van der Waals surface area contributed by atoms with Crippen LogP contribution >= 0.6 is 0 Å². The minimum absolute atomic E-state index is 0. The quantitative estimate of drug-likeness (QED) is 0.0669. The van der Waals surface area contributed by atoms with Gasteiger partial charge in [0.2, 0.25) is 17.7 Å². The van der Waals surface area contributed by atoms with Crippen LogP contribution in [0.25, 0.3) is 6.08 Å². The molecule has 0 fully saturated rings. The van der Waals surface area contributed by atoms with E-state index in [-0.39, 0.29) is 35.5 Å². The fraction of sp³-hybridized carbons (Fsp3) is 0.394. The van der Waals surface area contributed by atoms with Gasteiger partial charge in [0.15, 0.2) is 0 Å². The molecule has 0 saturated heterocycles. The zero-order valence-electron chi connectivity index (χ0n) is 30.2. The number of carbonyl (C=O) groups is 4. The van der Waals surface area contributed by atoms with Crippen molar-refractivity contribution in [2.75, 3.05) is 18.1 Å². The fourth-order valence-electron chi connectivity index (χ4n) is 2.70. The van der Waals surface area contributed by atoms with Crippen LogP contribution in [0.3, 0.4) is 0 Å². The molecule has 14 nitrogen and oxygen atoms in total. The molecule has 0 aromatic heterocycles. The van der Waals surface area contributed by atoms with Gasteiger partial charge in [0.1, 0.15) is 0 Å². The second-order valence-corrected chi connectivity index (χ2v) is 13.9. The Kier molecular flexibility index (Phi) is 32.9. The number of amides is 3. The third-order valence-corrected chi connectivity index (χ3v) is 6.90. The van der Waals surface area contributed by atoms with Gasteiger partial charge in [-0.2, -0.15) is 8.42 Å². The molecule has 1 aromatic rings. The van der Waals surface area contributed by atoms with E-state index in [1.807, 2.05) is 43.3 Å². The smallest absolute Gasteiger partial charge is 0.748 e. The van der Waals surface area contributed by atoms with Gasteiger partial charge in [-0.05, 0) is 58.8 Å². The SMILES string of the molecule is C=C(C)C(N)=O.C=CC(=O)NC(C)(C)CS(=O)(=O)O.C=CC(=O)NC(C)(C)CS(=O)(=O)[O-].C=CC(=O)OCCCC.C=Cc1ccccc1.[Na+]. The summed E-state index contributed by atoms with van der Waals surface area (Å²) in [6, 6.07) is 10.0. The van der Waals surface area contributed by atoms with Crippen molar-refractivity contribution in [1.29, 1.82) is 0 Å². The summed E-state index contributed by atoms with van der Waals surface area (Å²) in [6.07, 6.45) is 7.03. The molecular weight excluding hydrogens is 701 g/mol. The van der Waals surface area contributed by atoms with Crippen LogP contribution in [0.1, 0.15) is 59.9 Å². The van der Waals surface area contributed by atoms with Gasteiger partial charge in [-0.1, -0.05) is 82.6 Å². The van der Waals surface area contributed by atoms with Crippen molar-refractivity contribution in [2.45, 2.75) is 65.5 Å². The van der Waals surface area contributed by atoms with Crippen molar-refractivity contribution in [3.63, 3.8) is 0 Å².